The molecule has 0 unspecified atom stereocenters. The standard InChI is InChI=1S/C15H11N5O/c1-10-2-4-11(5-3-10)15-17-14(19-21-15)12-6-7-13-18-16-9-20(13)8-12/h2-9H,1H3. The lowest BCUT2D eigenvalue weighted by atomic mass is 10.1. The Labute approximate surface area is 120 Å². The summed E-state index contributed by atoms with van der Waals surface area (Å²) < 4.78 is 7.15. The van der Waals surface area contributed by atoms with Crippen LogP contribution in [0.1, 0.15) is 5.56 Å². The molecule has 21 heavy (non-hydrogen) atoms. The van der Waals surface area contributed by atoms with Crippen molar-refractivity contribution in [1.82, 2.24) is 24.7 Å². The summed E-state index contributed by atoms with van der Waals surface area (Å²) in [5.74, 6) is 1.05. The van der Waals surface area contributed by atoms with E-state index in [-0.39, 0.29) is 0 Å². The fourth-order valence-electron chi connectivity index (χ4n) is 2.11. The third-order valence-electron chi connectivity index (χ3n) is 3.27. The van der Waals surface area contributed by atoms with E-state index in [1.165, 1.54) is 5.56 Å². The first-order chi connectivity index (χ1) is 10.3. The normalized spacial score (nSPS) is 11.1. The molecule has 4 aromatic rings. The number of fused-ring (bicyclic) bond motifs is 1. The zero-order chi connectivity index (χ0) is 14.2. The molecule has 0 bridgehead atoms. The molecular formula is C15H11N5O. The van der Waals surface area contributed by atoms with E-state index >= 15 is 0 Å². The second-order valence-corrected chi connectivity index (χ2v) is 4.80. The van der Waals surface area contributed by atoms with Gasteiger partial charge in [0.25, 0.3) is 5.89 Å². The van der Waals surface area contributed by atoms with E-state index in [2.05, 4.69) is 20.3 Å². The lowest BCUT2D eigenvalue weighted by molar-refractivity contribution is 0.432. The highest BCUT2D eigenvalue weighted by Gasteiger charge is 2.11. The second-order valence-electron chi connectivity index (χ2n) is 4.80. The van der Waals surface area contributed by atoms with Crippen LogP contribution in [0.15, 0.2) is 53.4 Å². The van der Waals surface area contributed by atoms with Gasteiger partial charge in [0.05, 0.1) is 0 Å². The van der Waals surface area contributed by atoms with E-state index in [4.69, 9.17) is 4.52 Å². The second kappa shape index (κ2) is 4.52. The Morgan fingerprint density at radius 2 is 1.81 bits per heavy atom. The minimum atomic E-state index is 0.508. The molecule has 3 heterocycles. The molecule has 102 valence electrons. The van der Waals surface area contributed by atoms with Gasteiger partial charge in [-0.3, -0.25) is 4.40 Å². The molecule has 0 amide bonds. The van der Waals surface area contributed by atoms with Crippen molar-refractivity contribution in [2.24, 2.45) is 0 Å². The summed E-state index contributed by atoms with van der Waals surface area (Å²) in [4.78, 5) is 4.44. The zero-order valence-corrected chi connectivity index (χ0v) is 11.3. The zero-order valence-electron chi connectivity index (χ0n) is 11.3. The molecule has 3 aromatic heterocycles. The van der Waals surface area contributed by atoms with E-state index in [9.17, 15) is 0 Å². The highest BCUT2D eigenvalue weighted by atomic mass is 16.5. The minimum absolute atomic E-state index is 0.508. The predicted octanol–water partition coefficient (Wildman–Crippen LogP) is 2.75. The van der Waals surface area contributed by atoms with Crippen LogP contribution >= 0.6 is 0 Å². The Hall–Kier alpha value is -3.02. The first kappa shape index (κ1) is 11.8. The number of rotatable bonds is 2. The fraction of sp³-hybridized carbons (Fsp3) is 0.0667. The first-order valence-corrected chi connectivity index (χ1v) is 6.50. The van der Waals surface area contributed by atoms with Crippen LogP contribution in [0.5, 0.6) is 0 Å². The number of hydrogen-bond donors (Lipinski definition) is 0. The average Bonchev–Trinajstić information content (AvgIpc) is 3.16. The van der Waals surface area contributed by atoms with Gasteiger partial charge in [-0.1, -0.05) is 22.9 Å². The average molecular weight is 277 g/mol. The van der Waals surface area contributed by atoms with Gasteiger partial charge in [0, 0.05) is 17.3 Å². The molecule has 0 aliphatic heterocycles. The Morgan fingerprint density at radius 1 is 1.00 bits per heavy atom. The van der Waals surface area contributed by atoms with Gasteiger partial charge < -0.3 is 4.52 Å². The highest BCUT2D eigenvalue weighted by Crippen LogP contribution is 2.22. The van der Waals surface area contributed by atoms with Crippen LogP contribution in [0.25, 0.3) is 28.5 Å². The predicted molar refractivity (Wildman–Crippen MR) is 76.5 cm³/mol. The molecule has 4 rings (SSSR count). The van der Waals surface area contributed by atoms with Crippen LogP contribution < -0.4 is 0 Å². The smallest absolute Gasteiger partial charge is 0.258 e. The maximum atomic E-state index is 5.34. The van der Waals surface area contributed by atoms with Crippen LogP contribution in [0.3, 0.4) is 0 Å². The third-order valence-corrected chi connectivity index (χ3v) is 3.27. The summed E-state index contributed by atoms with van der Waals surface area (Å²) in [6, 6.07) is 11.7. The van der Waals surface area contributed by atoms with Crippen molar-refractivity contribution in [2.45, 2.75) is 6.92 Å². The third kappa shape index (κ3) is 2.06. The summed E-state index contributed by atoms with van der Waals surface area (Å²) >= 11 is 0. The van der Waals surface area contributed by atoms with Gasteiger partial charge >= 0.3 is 0 Å². The summed E-state index contributed by atoms with van der Waals surface area (Å²) in [6.45, 7) is 2.04. The van der Waals surface area contributed by atoms with Crippen LogP contribution in [0, 0.1) is 6.92 Å². The molecule has 6 nitrogen and oxygen atoms in total. The molecule has 0 saturated carbocycles. The van der Waals surface area contributed by atoms with Gasteiger partial charge in [-0.2, -0.15) is 4.98 Å². The summed E-state index contributed by atoms with van der Waals surface area (Å²) in [7, 11) is 0. The van der Waals surface area contributed by atoms with Gasteiger partial charge in [0.15, 0.2) is 5.65 Å². The molecule has 0 aliphatic carbocycles. The number of pyridine rings is 1. The maximum Gasteiger partial charge on any atom is 0.258 e. The van der Waals surface area contributed by atoms with E-state index in [1.807, 2.05) is 53.9 Å². The van der Waals surface area contributed by atoms with Crippen LogP contribution in [-0.4, -0.2) is 24.7 Å². The largest absolute Gasteiger partial charge is 0.334 e. The molecule has 0 radical (unpaired) electrons. The molecular weight excluding hydrogens is 266 g/mol. The van der Waals surface area contributed by atoms with Crippen molar-refractivity contribution in [3.8, 4) is 22.8 Å². The topological polar surface area (TPSA) is 69.1 Å². The van der Waals surface area contributed by atoms with Crippen LogP contribution in [-0.2, 0) is 0 Å². The number of nitrogens with zero attached hydrogens (tertiary/aromatic N) is 5. The SMILES string of the molecule is Cc1ccc(-c2nc(-c3ccc4nncn4c3)no2)cc1. The Balaban J connectivity index is 1.74. The Morgan fingerprint density at radius 3 is 2.67 bits per heavy atom. The van der Waals surface area contributed by atoms with E-state index in [0.717, 1.165) is 16.8 Å². The van der Waals surface area contributed by atoms with Crippen molar-refractivity contribution in [3.63, 3.8) is 0 Å². The van der Waals surface area contributed by atoms with Crippen molar-refractivity contribution in [2.75, 3.05) is 0 Å². The van der Waals surface area contributed by atoms with Gasteiger partial charge in [-0.05, 0) is 31.2 Å². The molecule has 0 atom stereocenters. The van der Waals surface area contributed by atoms with Crippen LogP contribution in [0.4, 0.5) is 0 Å². The monoisotopic (exact) mass is 277 g/mol. The van der Waals surface area contributed by atoms with Crippen molar-refractivity contribution in [3.05, 3.63) is 54.5 Å². The Kier molecular flexibility index (Phi) is 2.53. The maximum absolute atomic E-state index is 5.34. The summed E-state index contributed by atoms with van der Waals surface area (Å²) in [6.07, 6.45) is 3.51. The summed E-state index contributed by atoms with van der Waals surface area (Å²) in [5.41, 5.74) is 3.73. The molecule has 0 N–H and O–H groups in total. The van der Waals surface area contributed by atoms with Crippen molar-refractivity contribution in [1.29, 1.82) is 0 Å². The van der Waals surface area contributed by atoms with Crippen LogP contribution in [0.2, 0.25) is 0 Å². The molecule has 0 spiro atoms. The summed E-state index contributed by atoms with van der Waals surface area (Å²) in [5, 5.41) is 11.8. The van der Waals surface area contributed by atoms with E-state index < -0.39 is 0 Å². The molecule has 0 fully saturated rings. The van der Waals surface area contributed by atoms with Gasteiger partial charge in [-0.15, -0.1) is 10.2 Å². The lowest BCUT2D eigenvalue weighted by Gasteiger charge is -1.96. The fourth-order valence-corrected chi connectivity index (χ4v) is 2.11. The van der Waals surface area contributed by atoms with Gasteiger partial charge in [0.1, 0.15) is 6.33 Å². The minimum Gasteiger partial charge on any atom is -0.334 e. The van der Waals surface area contributed by atoms with Crippen molar-refractivity contribution < 1.29 is 4.52 Å². The van der Waals surface area contributed by atoms with Gasteiger partial charge in [0.2, 0.25) is 5.82 Å². The molecule has 1 aromatic carbocycles. The number of aromatic nitrogens is 5. The lowest BCUT2D eigenvalue weighted by Crippen LogP contribution is -1.87. The number of hydrogen-bond acceptors (Lipinski definition) is 5. The molecule has 0 aliphatic rings. The number of aryl methyl sites for hydroxylation is 1. The highest BCUT2D eigenvalue weighted by molar-refractivity contribution is 5.60. The molecule has 0 saturated heterocycles. The van der Waals surface area contributed by atoms with E-state index in [1.54, 1.807) is 6.33 Å². The van der Waals surface area contributed by atoms with Gasteiger partial charge in [-0.25, -0.2) is 0 Å². The first-order valence-electron chi connectivity index (χ1n) is 6.50. The molecule has 6 heteroatoms. The quantitative estimate of drug-likeness (QED) is 0.563. The van der Waals surface area contributed by atoms with E-state index in [0.29, 0.717) is 11.7 Å². The number of benzene rings is 1. The van der Waals surface area contributed by atoms with Crippen molar-refractivity contribution >= 4 is 5.65 Å². The Bertz CT molecular complexity index is 907.